The summed E-state index contributed by atoms with van der Waals surface area (Å²) >= 11 is 0. The fourth-order valence-corrected chi connectivity index (χ4v) is 8.25. The zero-order valence-electron chi connectivity index (χ0n) is 29.2. The summed E-state index contributed by atoms with van der Waals surface area (Å²) in [5, 5.41) is 14.8. The van der Waals surface area contributed by atoms with Crippen molar-refractivity contribution >= 4 is 28.0 Å². The first-order valence-electron chi connectivity index (χ1n) is 18.0. The van der Waals surface area contributed by atoms with Gasteiger partial charge in [0.1, 0.15) is 28.7 Å². The van der Waals surface area contributed by atoms with Gasteiger partial charge < -0.3 is 34.3 Å². The van der Waals surface area contributed by atoms with Gasteiger partial charge >= 0.3 is 0 Å². The van der Waals surface area contributed by atoms with Crippen molar-refractivity contribution in [2.45, 2.75) is 114 Å². The average molecular weight is 692 g/mol. The number of fused-ring (bicyclic) bond motifs is 4. The highest BCUT2D eigenvalue weighted by Gasteiger charge is 2.42. The number of aromatic nitrogens is 4. The van der Waals surface area contributed by atoms with Crippen LogP contribution in [0.2, 0.25) is 0 Å². The van der Waals surface area contributed by atoms with Gasteiger partial charge in [-0.1, -0.05) is 0 Å². The number of imidazole rings is 1. The molecule has 50 heavy (non-hydrogen) atoms. The number of ether oxygens (including phenoxy) is 2. The maximum atomic E-state index is 15.9. The topological polar surface area (TPSA) is 133 Å². The van der Waals surface area contributed by atoms with E-state index in [1.165, 1.54) is 0 Å². The molecular weight excluding hydrogens is 644 g/mol. The molecule has 5 atom stereocenters. The van der Waals surface area contributed by atoms with Crippen molar-refractivity contribution in [1.82, 2.24) is 29.3 Å². The number of carbonyl (C=O) groups is 1. The van der Waals surface area contributed by atoms with Crippen molar-refractivity contribution in [3.05, 3.63) is 41.6 Å². The third kappa shape index (κ3) is 5.85. The number of hydrogen-bond donors (Lipinski definition) is 3. The molecule has 1 saturated heterocycles. The lowest BCUT2D eigenvalue weighted by Crippen LogP contribution is -2.51. The van der Waals surface area contributed by atoms with Gasteiger partial charge in [-0.3, -0.25) is 10.1 Å². The van der Waals surface area contributed by atoms with Crippen LogP contribution in [0.4, 0.5) is 8.78 Å². The Balaban J connectivity index is 1.26. The molecule has 1 amide bonds. The maximum Gasteiger partial charge on any atom is 0.265 e. The van der Waals surface area contributed by atoms with Gasteiger partial charge in [-0.15, -0.1) is 0 Å². The predicted molar refractivity (Wildman–Crippen MR) is 185 cm³/mol. The Morgan fingerprint density at radius 1 is 1.12 bits per heavy atom. The molecule has 268 valence electrons. The molecular formula is C37H47F2N7O4. The second-order valence-electron chi connectivity index (χ2n) is 15.4. The van der Waals surface area contributed by atoms with E-state index in [2.05, 4.69) is 9.88 Å². The molecule has 1 aromatic carbocycles. The number of halogens is 2. The number of amides is 1. The highest BCUT2D eigenvalue weighted by Crippen LogP contribution is 2.46. The Bertz CT molecular complexity index is 1950. The molecule has 4 aliphatic rings. The minimum Gasteiger partial charge on any atom is -0.494 e. The van der Waals surface area contributed by atoms with Gasteiger partial charge in [0, 0.05) is 54.7 Å². The van der Waals surface area contributed by atoms with Gasteiger partial charge in [0.05, 0.1) is 30.6 Å². The third-order valence-corrected chi connectivity index (χ3v) is 11.3. The van der Waals surface area contributed by atoms with Crippen LogP contribution in [-0.2, 0) is 11.3 Å². The largest absolute Gasteiger partial charge is 0.494 e. The van der Waals surface area contributed by atoms with Gasteiger partial charge in [0.2, 0.25) is 0 Å². The van der Waals surface area contributed by atoms with Crippen LogP contribution >= 0.6 is 0 Å². The first kappa shape index (κ1) is 33.5. The maximum absolute atomic E-state index is 15.9. The SMILES string of the molecule is COc1cc(C(=O)N2C[C@H](N)C3CC[C@@H]2C3)cc2nc(-c3cc4ccc5nc4n3CC(F)(F)CCCOC(C)(C)C(O)N[C@@H]5C)n(C3CC3)c12. The second-order valence-corrected chi connectivity index (χ2v) is 15.4. The van der Waals surface area contributed by atoms with Gasteiger partial charge in [-0.25, -0.2) is 18.7 Å². The van der Waals surface area contributed by atoms with Crippen LogP contribution in [0.1, 0.15) is 93.9 Å². The van der Waals surface area contributed by atoms with E-state index in [4.69, 9.17) is 25.2 Å². The predicted octanol–water partition coefficient (Wildman–Crippen LogP) is 5.54. The number of piperidine rings is 1. The first-order valence-corrected chi connectivity index (χ1v) is 18.0. The van der Waals surface area contributed by atoms with Crippen LogP contribution < -0.4 is 15.8 Å². The molecule has 13 heteroatoms. The normalized spacial score (nSPS) is 28.3. The molecule has 0 spiro atoms. The average Bonchev–Trinajstić information content (AvgIpc) is 3.56. The number of pyridine rings is 1. The molecule has 2 aliphatic heterocycles. The van der Waals surface area contributed by atoms with Crippen LogP contribution in [0.25, 0.3) is 33.6 Å². The zero-order chi connectivity index (χ0) is 35.1. The van der Waals surface area contributed by atoms with E-state index in [-0.39, 0.29) is 37.1 Å². The number of carbonyl (C=O) groups excluding carboxylic acids is 1. The Kier molecular flexibility index (Phi) is 8.20. The fourth-order valence-electron chi connectivity index (χ4n) is 8.25. The van der Waals surface area contributed by atoms with Crippen LogP contribution in [0.5, 0.6) is 5.75 Å². The summed E-state index contributed by atoms with van der Waals surface area (Å²) in [5.41, 5.74) is 8.80. The van der Waals surface area contributed by atoms with Crippen LogP contribution in [0, 0.1) is 5.92 Å². The molecule has 5 heterocycles. The van der Waals surface area contributed by atoms with E-state index in [0.717, 1.165) is 37.6 Å². The van der Waals surface area contributed by atoms with E-state index >= 15 is 8.78 Å². The molecule has 4 bridgehead atoms. The van der Waals surface area contributed by atoms with E-state index in [1.54, 1.807) is 31.6 Å². The highest BCUT2D eigenvalue weighted by molar-refractivity contribution is 6.00. The van der Waals surface area contributed by atoms with Crippen LogP contribution in [0.3, 0.4) is 0 Å². The van der Waals surface area contributed by atoms with Crippen LogP contribution in [-0.4, -0.2) is 85.1 Å². The van der Waals surface area contributed by atoms with Crippen molar-refractivity contribution in [2.24, 2.45) is 11.7 Å². The van der Waals surface area contributed by atoms with Gasteiger partial charge in [0.15, 0.2) is 5.82 Å². The number of hydrogen-bond acceptors (Lipinski definition) is 8. The summed E-state index contributed by atoms with van der Waals surface area (Å²) in [6, 6.07) is 9.06. The number of rotatable bonds is 4. The molecule has 4 aromatic rings. The number of likely N-dealkylation sites (tertiary alicyclic amines) is 1. The van der Waals surface area contributed by atoms with Gasteiger partial charge in [-0.05, 0) is 95.5 Å². The fraction of sp³-hybridized carbons (Fsp3) is 0.595. The Labute approximate surface area is 290 Å². The Morgan fingerprint density at radius 2 is 1.90 bits per heavy atom. The number of benzene rings is 1. The molecule has 0 radical (unpaired) electrons. The van der Waals surface area contributed by atoms with E-state index in [1.807, 2.05) is 36.1 Å². The molecule has 3 fully saturated rings. The summed E-state index contributed by atoms with van der Waals surface area (Å²) in [5.74, 6) is -1.66. The third-order valence-electron chi connectivity index (χ3n) is 11.3. The quantitative estimate of drug-likeness (QED) is 0.254. The van der Waals surface area contributed by atoms with Crippen molar-refractivity contribution in [3.8, 4) is 17.3 Å². The summed E-state index contributed by atoms with van der Waals surface area (Å²) in [6.45, 7) is 5.36. The lowest BCUT2D eigenvalue weighted by molar-refractivity contribution is -0.121. The first-order chi connectivity index (χ1) is 23.8. The Morgan fingerprint density at radius 3 is 2.66 bits per heavy atom. The number of alkyl halides is 2. The van der Waals surface area contributed by atoms with Gasteiger partial charge in [-0.2, -0.15) is 0 Å². The molecule has 8 rings (SSSR count). The number of nitrogens with one attached hydrogen (secondary N) is 1. The van der Waals surface area contributed by atoms with Crippen molar-refractivity contribution in [2.75, 3.05) is 20.3 Å². The number of aliphatic hydroxyl groups is 1. The monoisotopic (exact) mass is 691 g/mol. The van der Waals surface area contributed by atoms with Crippen molar-refractivity contribution < 1.29 is 28.2 Å². The standard InChI is InChI=1S/C37H47F2N7O4/c1-20-27-11-7-22-16-29(45(32(22)42-27)19-37(38,39)12-5-13-50-36(2,3)35(48)41-20)33-43-28-15-23(17-30(49-4)31(28)46(33)24-9-10-24)34(47)44-18-26(40)21-6-8-25(44)14-21/h7,11,15-17,20-21,24-26,35,41,48H,5-6,8-10,12-14,18-19,40H2,1-4H3/t20-,21?,25-,26+,35?/m1/s1. The van der Waals surface area contributed by atoms with Gasteiger partial charge in [0.25, 0.3) is 11.8 Å². The molecule has 3 aromatic heterocycles. The number of nitrogens with zero attached hydrogens (tertiary/aromatic N) is 5. The van der Waals surface area contributed by atoms with E-state index < -0.39 is 36.8 Å². The Hall–Kier alpha value is -3.65. The van der Waals surface area contributed by atoms with Crippen LogP contribution in [0.15, 0.2) is 30.3 Å². The number of nitrogens with two attached hydrogens (primary N) is 1. The van der Waals surface area contributed by atoms with E-state index in [9.17, 15) is 9.90 Å². The summed E-state index contributed by atoms with van der Waals surface area (Å²) in [6.07, 6.45) is 3.42. The molecule has 2 aliphatic carbocycles. The lowest BCUT2D eigenvalue weighted by atomic mass is 9.94. The minimum absolute atomic E-state index is 0.0378. The number of methoxy groups -OCH3 is 1. The lowest BCUT2D eigenvalue weighted by Gasteiger charge is -2.37. The van der Waals surface area contributed by atoms with Crippen molar-refractivity contribution in [1.29, 1.82) is 0 Å². The summed E-state index contributed by atoms with van der Waals surface area (Å²) < 4.78 is 47.3. The molecule has 2 unspecified atom stereocenters. The summed E-state index contributed by atoms with van der Waals surface area (Å²) in [7, 11) is 1.58. The smallest absolute Gasteiger partial charge is 0.265 e. The molecule has 11 nitrogen and oxygen atoms in total. The summed E-state index contributed by atoms with van der Waals surface area (Å²) in [4.78, 5) is 25.9. The minimum atomic E-state index is -3.08. The van der Waals surface area contributed by atoms with Crippen molar-refractivity contribution in [3.63, 3.8) is 0 Å². The molecule has 2 saturated carbocycles. The zero-order valence-corrected chi connectivity index (χ0v) is 29.2. The molecule has 4 N–H and O–H groups in total. The number of aliphatic hydroxyl groups excluding tert-OH is 1. The highest BCUT2D eigenvalue weighted by atomic mass is 19.3. The second kappa shape index (κ2) is 12.2. The van der Waals surface area contributed by atoms with E-state index in [0.29, 0.717) is 57.5 Å².